The van der Waals surface area contributed by atoms with Gasteiger partial charge in [-0.15, -0.1) is 0 Å². The minimum atomic E-state index is -0.641. The standard InChI is InChI=1S/C15H26ClN3O/c1-11(2)19-13(12(16)10-17-19)14(20)15(3,4)18-8-6-5-7-9-18/h10-11,14,20H,5-9H2,1-4H3. The average molecular weight is 300 g/mol. The number of aliphatic hydroxyl groups excluding tert-OH is 1. The molecule has 0 saturated carbocycles. The quantitative estimate of drug-likeness (QED) is 0.926. The third kappa shape index (κ3) is 2.87. The van der Waals surface area contributed by atoms with Gasteiger partial charge < -0.3 is 5.11 Å². The number of likely N-dealkylation sites (tertiary alicyclic amines) is 1. The van der Waals surface area contributed by atoms with Gasteiger partial charge in [0.15, 0.2) is 0 Å². The van der Waals surface area contributed by atoms with Crippen LogP contribution in [0.3, 0.4) is 0 Å². The van der Waals surface area contributed by atoms with E-state index in [-0.39, 0.29) is 11.6 Å². The number of aromatic nitrogens is 2. The summed E-state index contributed by atoms with van der Waals surface area (Å²) < 4.78 is 1.83. The Hall–Kier alpha value is -0.580. The third-order valence-electron chi connectivity index (χ3n) is 4.38. The molecule has 0 spiro atoms. The van der Waals surface area contributed by atoms with Gasteiger partial charge in [-0.2, -0.15) is 5.10 Å². The summed E-state index contributed by atoms with van der Waals surface area (Å²) in [5, 5.41) is 15.8. The van der Waals surface area contributed by atoms with Crippen molar-refractivity contribution in [2.45, 2.75) is 64.6 Å². The van der Waals surface area contributed by atoms with Crippen LogP contribution in [-0.2, 0) is 0 Å². The highest BCUT2D eigenvalue weighted by molar-refractivity contribution is 6.31. The molecule has 20 heavy (non-hydrogen) atoms. The lowest BCUT2D eigenvalue weighted by molar-refractivity contribution is -0.0255. The van der Waals surface area contributed by atoms with Crippen LogP contribution in [0.5, 0.6) is 0 Å². The fourth-order valence-corrected chi connectivity index (χ4v) is 3.23. The highest BCUT2D eigenvalue weighted by Gasteiger charge is 2.38. The van der Waals surface area contributed by atoms with Crippen molar-refractivity contribution in [3.63, 3.8) is 0 Å². The molecule has 0 amide bonds. The van der Waals surface area contributed by atoms with Crippen molar-refractivity contribution < 1.29 is 5.11 Å². The largest absolute Gasteiger partial charge is 0.385 e. The molecule has 2 rings (SSSR count). The molecule has 1 aromatic heterocycles. The fraction of sp³-hybridized carbons (Fsp3) is 0.800. The first-order chi connectivity index (χ1) is 9.35. The van der Waals surface area contributed by atoms with Gasteiger partial charge in [0, 0.05) is 11.6 Å². The number of hydrogen-bond donors (Lipinski definition) is 1. The monoisotopic (exact) mass is 299 g/mol. The van der Waals surface area contributed by atoms with Crippen molar-refractivity contribution in [3.8, 4) is 0 Å². The molecule has 1 atom stereocenters. The molecule has 1 unspecified atom stereocenters. The van der Waals surface area contributed by atoms with Crippen LogP contribution in [0, 0.1) is 0 Å². The number of nitrogens with zero attached hydrogens (tertiary/aromatic N) is 3. The van der Waals surface area contributed by atoms with Crippen LogP contribution >= 0.6 is 11.6 Å². The van der Waals surface area contributed by atoms with Crippen LogP contribution in [0.25, 0.3) is 0 Å². The third-order valence-corrected chi connectivity index (χ3v) is 4.67. The molecule has 5 heteroatoms. The molecule has 2 heterocycles. The predicted molar refractivity (Wildman–Crippen MR) is 82.1 cm³/mol. The zero-order chi connectivity index (χ0) is 14.9. The molecule has 0 radical (unpaired) electrons. The number of piperidine rings is 1. The second kappa shape index (κ2) is 6.04. The first kappa shape index (κ1) is 15.8. The number of rotatable bonds is 4. The number of halogens is 1. The van der Waals surface area contributed by atoms with Crippen LogP contribution in [0.2, 0.25) is 5.02 Å². The average Bonchev–Trinajstić information content (AvgIpc) is 2.80. The number of hydrogen-bond acceptors (Lipinski definition) is 3. The van der Waals surface area contributed by atoms with E-state index in [0.29, 0.717) is 5.02 Å². The molecule has 1 aliphatic rings. The maximum atomic E-state index is 10.9. The van der Waals surface area contributed by atoms with Gasteiger partial charge in [-0.25, -0.2) is 0 Å². The van der Waals surface area contributed by atoms with Crippen molar-refractivity contribution in [1.82, 2.24) is 14.7 Å². The Bertz CT molecular complexity index is 450. The Balaban J connectivity index is 2.29. The van der Waals surface area contributed by atoms with Crippen molar-refractivity contribution in [3.05, 3.63) is 16.9 Å². The van der Waals surface area contributed by atoms with Gasteiger partial charge in [0.25, 0.3) is 0 Å². The smallest absolute Gasteiger partial charge is 0.115 e. The van der Waals surface area contributed by atoms with Crippen LogP contribution in [0.1, 0.15) is 64.8 Å². The molecule has 1 fully saturated rings. The lowest BCUT2D eigenvalue weighted by atomic mass is 9.90. The highest BCUT2D eigenvalue weighted by Crippen LogP contribution is 2.36. The van der Waals surface area contributed by atoms with E-state index < -0.39 is 6.10 Å². The maximum absolute atomic E-state index is 10.9. The topological polar surface area (TPSA) is 41.3 Å². The van der Waals surface area contributed by atoms with Gasteiger partial charge in [0.05, 0.1) is 16.9 Å². The summed E-state index contributed by atoms with van der Waals surface area (Å²) in [6.07, 6.45) is 4.68. The van der Waals surface area contributed by atoms with Gasteiger partial charge in [0.1, 0.15) is 6.10 Å². The summed E-state index contributed by atoms with van der Waals surface area (Å²) in [6.45, 7) is 10.4. The van der Waals surface area contributed by atoms with E-state index >= 15 is 0 Å². The van der Waals surface area contributed by atoms with Gasteiger partial charge in [-0.1, -0.05) is 18.0 Å². The zero-order valence-corrected chi connectivity index (χ0v) is 13.7. The molecule has 0 aliphatic carbocycles. The number of aliphatic hydroxyl groups is 1. The molecule has 114 valence electrons. The molecule has 1 aliphatic heterocycles. The predicted octanol–water partition coefficient (Wildman–Crippen LogP) is 3.42. The van der Waals surface area contributed by atoms with E-state index in [1.54, 1.807) is 6.20 Å². The van der Waals surface area contributed by atoms with Crippen LogP contribution in [0.15, 0.2) is 6.20 Å². The molecular weight excluding hydrogens is 274 g/mol. The fourth-order valence-electron chi connectivity index (χ4n) is 3.00. The van der Waals surface area contributed by atoms with E-state index in [9.17, 15) is 5.11 Å². The van der Waals surface area contributed by atoms with Gasteiger partial charge in [0.2, 0.25) is 0 Å². The molecule has 0 bridgehead atoms. The van der Waals surface area contributed by atoms with Crippen LogP contribution in [-0.4, -0.2) is 38.4 Å². The minimum Gasteiger partial charge on any atom is -0.385 e. The normalized spacial score (nSPS) is 19.6. The van der Waals surface area contributed by atoms with Crippen LogP contribution < -0.4 is 0 Å². The summed E-state index contributed by atoms with van der Waals surface area (Å²) in [5.74, 6) is 0. The van der Waals surface area contributed by atoms with Crippen molar-refractivity contribution in [1.29, 1.82) is 0 Å². The summed E-state index contributed by atoms with van der Waals surface area (Å²) in [6, 6.07) is 0.185. The molecule has 4 nitrogen and oxygen atoms in total. The van der Waals surface area contributed by atoms with E-state index in [0.717, 1.165) is 18.8 Å². The van der Waals surface area contributed by atoms with Crippen molar-refractivity contribution in [2.75, 3.05) is 13.1 Å². The Kier molecular flexibility index (Phi) is 4.77. The maximum Gasteiger partial charge on any atom is 0.115 e. The minimum absolute atomic E-state index is 0.185. The second-order valence-electron chi connectivity index (χ2n) is 6.52. The lowest BCUT2D eigenvalue weighted by Gasteiger charge is -2.44. The Morgan fingerprint density at radius 2 is 1.85 bits per heavy atom. The molecule has 1 aromatic rings. The van der Waals surface area contributed by atoms with E-state index in [2.05, 4.69) is 23.8 Å². The first-order valence-corrected chi connectivity index (χ1v) is 7.89. The Labute approximate surface area is 126 Å². The summed E-state index contributed by atoms with van der Waals surface area (Å²) in [4.78, 5) is 2.37. The molecule has 1 saturated heterocycles. The molecule has 0 aromatic carbocycles. The van der Waals surface area contributed by atoms with E-state index in [1.165, 1.54) is 19.3 Å². The van der Waals surface area contributed by atoms with Gasteiger partial charge in [-0.3, -0.25) is 9.58 Å². The Morgan fingerprint density at radius 1 is 1.25 bits per heavy atom. The SMILES string of the molecule is CC(C)n1ncc(Cl)c1C(O)C(C)(C)N1CCCCC1. The van der Waals surface area contributed by atoms with E-state index in [4.69, 9.17) is 11.6 Å². The van der Waals surface area contributed by atoms with Crippen LogP contribution in [0.4, 0.5) is 0 Å². The summed E-state index contributed by atoms with van der Waals surface area (Å²) >= 11 is 6.27. The van der Waals surface area contributed by atoms with Gasteiger partial charge in [-0.05, 0) is 53.6 Å². The summed E-state index contributed by atoms with van der Waals surface area (Å²) in [5.41, 5.74) is 0.397. The second-order valence-corrected chi connectivity index (χ2v) is 6.93. The zero-order valence-electron chi connectivity index (χ0n) is 12.9. The van der Waals surface area contributed by atoms with E-state index in [1.807, 2.05) is 18.5 Å². The van der Waals surface area contributed by atoms with Crippen molar-refractivity contribution in [2.24, 2.45) is 0 Å². The molecule has 1 N–H and O–H groups in total. The molecular formula is C15H26ClN3O. The summed E-state index contributed by atoms with van der Waals surface area (Å²) in [7, 11) is 0. The van der Waals surface area contributed by atoms with Crippen molar-refractivity contribution >= 4 is 11.6 Å². The van der Waals surface area contributed by atoms with Gasteiger partial charge >= 0.3 is 0 Å². The first-order valence-electron chi connectivity index (χ1n) is 7.51. The Morgan fingerprint density at radius 3 is 2.40 bits per heavy atom. The lowest BCUT2D eigenvalue weighted by Crippen LogP contribution is -2.51. The highest BCUT2D eigenvalue weighted by atomic mass is 35.5.